The fourth-order valence-corrected chi connectivity index (χ4v) is 3.29. The molecule has 31 heavy (non-hydrogen) atoms. The van der Waals surface area contributed by atoms with Crippen molar-refractivity contribution in [2.75, 3.05) is 0 Å². The molecule has 2 atom stereocenters. The molecule has 0 aliphatic carbocycles. The lowest BCUT2D eigenvalue weighted by Crippen LogP contribution is -2.33. The van der Waals surface area contributed by atoms with E-state index in [1.807, 2.05) is 12.1 Å². The van der Waals surface area contributed by atoms with Gasteiger partial charge in [0.15, 0.2) is 0 Å². The van der Waals surface area contributed by atoms with Crippen LogP contribution in [-0.4, -0.2) is 34.7 Å². The predicted octanol–water partition coefficient (Wildman–Crippen LogP) is 2.54. The Morgan fingerprint density at radius 2 is 1.29 bits per heavy atom. The summed E-state index contributed by atoms with van der Waals surface area (Å²) in [6.07, 6.45) is 2.89. The Kier molecular flexibility index (Phi) is 8.96. The Bertz CT molecular complexity index is 998. The van der Waals surface area contributed by atoms with Gasteiger partial charge in [-0.3, -0.25) is 9.59 Å². The molecule has 0 heterocycles. The maximum atomic E-state index is 12.2. The predicted molar refractivity (Wildman–Crippen MR) is 120 cm³/mol. The molecule has 9 heteroatoms. The maximum Gasteiger partial charge on any atom is 0.252 e. The molecule has 0 radical (unpaired) electrons. The topological polar surface area (TPSA) is 130 Å². The zero-order chi connectivity index (χ0) is 22.6. The van der Waals surface area contributed by atoms with Crippen molar-refractivity contribution in [3.63, 3.8) is 0 Å². The zero-order valence-electron chi connectivity index (χ0n) is 16.9. The van der Waals surface area contributed by atoms with Crippen molar-refractivity contribution >= 4 is 36.0 Å². The Morgan fingerprint density at radius 1 is 0.871 bits per heavy atom. The van der Waals surface area contributed by atoms with Crippen LogP contribution in [-0.2, 0) is 9.59 Å². The lowest BCUT2D eigenvalue weighted by atomic mass is 10.1. The van der Waals surface area contributed by atoms with Crippen molar-refractivity contribution in [3.8, 4) is 12.1 Å². The number of rotatable bonds is 8. The molecular formula is C22H20N6O2S. The van der Waals surface area contributed by atoms with Crippen LogP contribution in [0.2, 0.25) is 0 Å². The molecular weight excluding hydrogens is 412 g/mol. The van der Waals surface area contributed by atoms with E-state index < -0.39 is 10.5 Å². The van der Waals surface area contributed by atoms with Crippen LogP contribution in [0.4, 0.5) is 0 Å². The van der Waals surface area contributed by atoms with Gasteiger partial charge in [-0.1, -0.05) is 24.3 Å². The van der Waals surface area contributed by atoms with Gasteiger partial charge in [0.25, 0.3) is 11.8 Å². The van der Waals surface area contributed by atoms with E-state index >= 15 is 0 Å². The number of nitrogens with one attached hydrogen (secondary N) is 2. The number of carbonyl (C=O) groups excluding carboxylic acids is 2. The van der Waals surface area contributed by atoms with Gasteiger partial charge in [0.1, 0.15) is 0 Å². The van der Waals surface area contributed by atoms with E-state index in [-0.39, 0.29) is 11.8 Å². The summed E-state index contributed by atoms with van der Waals surface area (Å²) in [6, 6.07) is 17.7. The van der Waals surface area contributed by atoms with Crippen molar-refractivity contribution in [3.05, 3.63) is 70.8 Å². The van der Waals surface area contributed by atoms with Crippen molar-refractivity contribution < 1.29 is 9.59 Å². The highest BCUT2D eigenvalue weighted by molar-refractivity contribution is 8.01. The second kappa shape index (κ2) is 11.9. The van der Waals surface area contributed by atoms with Gasteiger partial charge in [-0.05, 0) is 49.2 Å². The van der Waals surface area contributed by atoms with Crippen LogP contribution < -0.4 is 10.9 Å². The normalized spacial score (nSPS) is 12.6. The molecule has 0 aliphatic rings. The lowest BCUT2D eigenvalue weighted by Gasteiger charge is -2.14. The van der Waals surface area contributed by atoms with E-state index in [0.717, 1.165) is 11.8 Å². The van der Waals surface area contributed by atoms with Gasteiger partial charge in [-0.25, -0.2) is 10.9 Å². The Morgan fingerprint density at radius 3 is 1.68 bits per heavy atom. The number of hydrazone groups is 2. The van der Waals surface area contributed by atoms with E-state index in [1.165, 1.54) is 12.4 Å². The first-order chi connectivity index (χ1) is 14.9. The molecule has 2 amide bonds. The molecule has 8 nitrogen and oxygen atoms in total. The largest absolute Gasteiger partial charge is 0.272 e. The van der Waals surface area contributed by atoms with Gasteiger partial charge < -0.3 is 0 Å². The van der Waals surface area contributed by atoms with Gasteiger partial charge in [0.05, 0.1) is 46.2 Å². The number of nitrogens with zero attached hydrogens (tertiary/aromatic N) is 4. The minimum absolute atomic E-state index is 0.353. The number of nitriles is 2. The minimum atomic E-state index is -0.528. The number of thioether (sulfide) groups is 1. The third-order valence-electron chi connectivity index (χ3n) is 3.95. The first kappa shape index (κ1) is 23.3. The number of carbonyl (C=O) groups is 2. The van der Waals surface area contributed by atoms with Crippen molar-refractivity contribution in [1.82, 2.24) is 10.9 Å². The van der Waals surface area contributed by atoms with Crippen LogP contribution >= 0.6 is 11.8 Å². The SMILES string of the molecule is CC(SC(C)C(=O)N/N=C/c1cccc(C#N)c1)C(=O)N/N=C\c1cccc(C#N)c1. The number of hydrogen-bond donors (Lipinski definition) is 2. The van der Waals surface area contributed by atoms with E-state index in [2.05, 4.69) is 21.1 Å². The molecule has 0 fully saturated rings. The molecule has 2 aromatic rings. The fraction of sp³-hybridized carbons (Fsp3) is 0.182. The fourth-order valence-electron chi connectivity index (χ4n) is 2.33. The first-order valence-electron chi connectivity index (χ1n) is 9.24. The van der Waals surface area contributed by atoms with E-state index in [1.54, 1.807) is 62.4 Å². The van der Waals surface area contributed by atoms with E-state index in [0.29, 0.717) is 22.3 Å². The van der Waals surface area contributed by atoms with Gasteiger partial charge in [0, 0.05) is 0 Å². The highest BCUT2D eigenvalue weighted by atomic mass is 32.2. The second-order valence-corrected chi connectivity index (χ2v) is 8.05. The van der Waals surface area contributed by atoms with Crippen molar-refractivity contribution in [1.29, 1.82) is 10.5 Å². The lowest BCUT2D eigenvalue weighted by molar-refractivity contribution is -0.120. The molecule has 0 aliphatic heterocycles. The second-order valence-electron chi connectivity index (χ2n) is 6.36. The number of amides is 2. The molecule has 2 aromatic carbocycles. The third kappa shape index (κ3) is 7.77. The van der Waals surface area contributed by atoms with Crippen molar-refractivity contribution in [2.24, 2.45) is 10.2 Å². The molecule has 2 rings (SSSR count). The van der Waals surface area contributed by atoms with Crippen LogP contribution in [0.25, 0.3) is 0 Å². The minimum Gasteiger partial charge on any atom is -0.272 e. The highest BCUT2D eigenvalue weighted by Gasteiger charge is 2.21. The summed E-state index contributed by atoms with van der Waals surface area (Å²) in [5.41, 5.74) is 7.22. The van der Waals surface area contributed by atoms with Gasteiger partial charge in [-0.2, -0.15) is 20.7 Å². The summed E-state index contributed by atoms with van der Waals surface area (Å²) in [5.74, 6) is -0.705. The number of benzene rings is 2. The van der Waals surface area contributed by atoms with Gasteiger partial charge in [0.2, 0.25) is 0 Å². The van der Waals surface area contributed by atoms with Crippen LogP contribution in [0.15, 0.2) is 58.7 Å². The standard InChI is InChI=1S/C22H20N6O2S/c1-15(21(29)27-25-13-19-7-3-5-17(9-19)11-23)31-16(2)22(30)28-26-14-20-8-4-6-18(10-20)12-24/h3-10,13-16H,1-2H3,(H,27,29)(H,28,30)/b25-13-,26-14+. The van der Waals surface area contributed by atoms with Gasteiger partial charge >= 0.3 is 0 Å². The van der Waals surface area contributed by atoms with Crippen LogP contribution in [0, 0.1) is 22.7 Å². The summed E-state index contributed by atoms with van der Waals surface area (Å²) in [6.45, 7) is 3.35. The average Bonchev–Trinajstić information content (AvgIpc) is 2.79. The summed E-state index contributed by atoms with van der Waals surface area (Å²) in [5, 5.41) is 24.5. The van der Waals surface area contributed by atoms with Crippen LogP contribution in [0.3, 0.4) is 0 Å². The molecule has 2 unspecified atom stereocenters. The zero-order valence-corrected chi connectivity index (χ0v) is 17.8. The smallest absolute Gasteiger partial charge is 0.252 e. The monoisotopic (exact) mass is 432 g/mol. The highest BCUT2D eigenvalue weighted by Crippen LogP contribution is 2.17. The Balaban J connectivity index is 1.81. The van der Waals surface area contributed by atoms with Crippen LogP contribution in [0.1, 0.15) is 36.1 Å². The first-order valence-corrected chi connectivity index (χ1v) is 10.2. The molecule has 0 spiro atoms. The molecule has 0 bridgehead atoms. The molecule has 0 saturated carbocycles. The quantitative estimate of drug-likeness (QED) is 0.489. The van der Waals surface area contributed by atoms with Crippen LogP contribution in [0.5, 0.6) is 0 Å². The molecule has 0 aromatic heterocycles. The summed E-state index contributed by atoms with van der Waals surface area (Å²) < 4.78 is 0. The molecule has 2 N–H and O–H groups in total. The summed E-state index contributed by atoms with van der Waals surface area (Å²) in [7, 11) is 0. The third-order valence-corrected chi connectivity index (χ3v) is 5.20. The summed E-state index contributed by atoms with van der Waals surface area (Å²) in [4.78, 5) is 24.4. The Hall–Kier alpha value is -3.95. The average molecular weight is 433 g/mol. The van der Waals surface area contributed by atoms with E-state index in [9.17, 15) is 9.59 Å². The molecule has 156 valence electrons. The van der Waals surface area contributed by atoms with Crippen molar-refractivity contribution in [2.45, 2.75) is 24.3 Å². The molecule has 0 saturated heterocycles. The Labute approximate surface area is 184 Å². The summed E-state index contributed by atoms with van der Waals surface area (Å²) >= 11 is 1.16. The number of hydrogen-bond acceptors (Lipinski definition) is 7. The maximum absolute atomic E-state index is 12.2. The van der Waals surface area contributed by atoms with E-state index in [4.69, 9.17) is 10.5 Å². The van der Waals surface area contributed by atoms with Gasteiger partial charge in [-0.15, -0.1) is 11.8 Å².